The highest BCUT2D eigenvalue weighted by Crippen LogP contribution is 2.29. The second kappa shape index (κ2) is 6.77. The first-order valence-corrected chi connectivity index (χ1v) is 9.60. The molecule has 25 heavy (non-hydrogen) atoms. The van der Waals surface area contributed by atoms with E-state index in [0.29, 0.717) is 31.7 Å². The maximum absolute atomic E-state index is 12.9. The molecule has 138 valence electrons. The predicted molar refractivity (Wildman–Crippen MR) is 88.2 cm³/mol. The van der Waals surface area contributed by atoms with Gasteiger partial charge in [-0.25, -0.2) is 0 Å². The molecule has 2 fully saturated rings. The summed E-state index contributed by atoms with van der Waals surface area (Å²) in [4.78, 5) is 25.8. The van der Waals surface area contributed by atoms with Gasteiger partial charge in [0, 0.05) is 26.1 Å². The van der Waals surface area contributed by atoms with Gasteiger partial charge in [0.2, 0.25) is 11.8 Å². The minimum Gasteiger partial charge on any atom is -0.468 e. The van der Waals surface area contributed by atoms with Crippen LogP contribution in [0, 0.1) is 5.92 Å². The Labute approximate surface area is 146 Å². The minimum atomic E-state index is -3.79. The molecule has 3 N–H and O–H groups in total. The van der Waals surface area contributed by atoms with Crippen LogP contribution < -0.4 is 10.5 Å². The van der Waals surface area contributed by atoms with Crippen LogP contribution in [0.1, 0.15) is 31.1 Å². The Morgan fingerprint density at radius 1 is 1.32 bits per heavy atom. The SMILES string of the molecule is CN1C(C(=O)N2CCC(C(N)=O)CC2)CC(c2ccco2)NS1(=O)=O. The Hall–Kier alpha value is -1.91. The number of carbonyl (C=O) groups is 2. The number of primary amides is 1. The second-order valence-corrected chi connectivity index (χ2v) is 8.22. The monoisotopic (exact) mass is 370 g/mol. The molecule has 2 unspecified atom stereocenters. The van der Waals surface area contributed by atoms with Crippen LogP contribution in [-0.4, -0.2) is 55.6 Å². The number of amides is 2. The van der Waals surface area contributed by atoms with Crippen LogP contribution in [0.25, 0.3) is 0 Å². The van der Waals surface area contributed by atoms with E-state index in [9.17, 15) is 18.0 Å². The fourth-order valence-corrected chi connectivity index (χ4v) is 4.61. The molecule has 10 heteroatoms. The summed E-state index contributed by atoms with van der Waals surface area (Å²) >= 11 is 0. The number of nitrogens with two attached hydrogens (primary N) is 1. The van der Waals surface area contributed by atoms with Crippen LogP contribution in [-0.2, 0) is 19.8 Å². The average molecular weight is 370 g/mol. The fourth-order valence-electron chi connectivity index (χ4n) is 3.37. The highest BCUT2D eigenvalue weighted by molar-refractivity contribution is 7.87. The molecule has 0 aromatic carbocycles. The van der Waals surface area contributed by atoms with Gasteiger partial charge in [0.05, 0.1) is 12.3 Å². The Morgan fingerprint density at radius 3 is 2.56 bits per heavy atom. The zero-order chi connectivity index (χ0) is 18.2. The lowest BCUT2D eigenvalue weighted by atomic mass is 9.95. The van der Waals surface area contributed by atoms with Crippen LogP contribution in [0.5, 0.6) is 0 Å². The first kappa shape index (κ1) is 17.9. The molecule has 0 radical (unpaired) electrons. The molecule has 1 aromatic rings. The zero-order valence-electron chi connectivity index (χ0n) is 13.9. The second-order valence-electron chi connectivity index (χ2n) is 6.46. The van der Waals surface area contributed by atoms with Crippen LogP contribution in [0.15, 0.2) is 22.8 Å². The van der Waals surface area contributed by atoms with Gasteiger partial charge in [0.1, 0.15) is 11.8 Å². The third-order valence-corrected chi connectivity index (χ3v) is 6.54. The summed E-state index contributed by atoms with van der Waals surface area (Å²) in [6.07, 6.45) is 2.75. The van der Waals surface area contributed by atoms with Gasteiger partial charge in [0.15, 0.2) is 0 Å². The van der Waals surface area contributed by atoms with Gasteiger partial charge in [0.25, 0.3) is 10.2 Å². The van der Waals surface area contributed by atoms with Crippen molar-refractivity contribution in [2.45, 2.75) is 31.3 Å². The molecule has 2 amide bonds. The van der Waals surface area contributed by atoms with E-state index in [0.717, 1.165) is 4.31 Å². The summed E-state index contributed by atoms with van der Waals surface area (Å²) in [5, 5.41) is 0. The number of likely N-dealkylation sites (tertiary alicyclic amines) is 1. The van der Waals surface area contributed by atoms with Gasteiger partial charge in [-0.15, -0.1) is 0 Å². The molecule has 2 saturated heterocycles. The van der Waals surface area contributed by atoms with E-state index in [-0.39, 0.29) is 24.2 Å². The molecule has 2 aliphatic rings. The number of hydrogen-bond donors (Lipinski definition) is 2. The Balaban J connectivity index is 1.75. The number of nitrogens with one attached hydrogen (secondary N) is 1. The van der Waals surface area contributed by atoms with Crippen molar-refractivity contribution in [2.75, 3.05) is 20.1 Å². The molecule has 2 atom stereocenters. The van der Waals surface area contributed by atoms with Gasteiger partial charge in [-0.1, -0.05) is 0 Å². The normalized spacial score (nSPS) is 28.0. The Kier molecular flexibility index (Phi) is 4.85. The lowest BCUT2D eigenvalue weighted by Crippen LogP contribution is -2.58. The van der Waals surface area contributed by atoms with Crippen LogP contribution >= 0.6 is 0 Å². The average Bonchev–Trinajstić information content (AvgIpc) is 3.11. The van der Waals surface area contributed by atoms with Gasteiger partial charge >= 0.3 is 0 Å². The van der Waals surface area contributed by atoms with E-state index in [1.54, 1.807) is 17.0 Å². The van der Waals surface area contributed by atoms with E-state index in [1.165, 1.54) is 13.3 Å². The number of furan rings is 1. The van der Waals surface area contributed by atoms with Crippen molar-refractivity contribution in [1.29, 1.82) is 0 Å². The van der Waals surface area contributed by atoms with Crippen molar-refractivity contribution < 1.29 is 22.4 Å². The smallest absolute Gasteiger partial charge is 0.280 e. The summed E-state index contributed by atoms with van der Waals surface area (Å²) in [5.41, 5.74) is 5.31. The van der Waals surface area contributed by atoms with Crippen molar-refractivity contribution in [3.63, 3.8) is 0 Å². The molecule has 0 saturated carbocycles. The first-order chi connectivity index (χ1) is 11.8. The van der Waals surface area contributed by atoms with E-state index < -0.39 is 22.3 Å². The number of rotatable bonds is 3. The van der Waals surface area contributed by atoms with Gasteiger partial charge in [-0.3, -0.25) is 9.59 Å². The van der Waals surface area contributed by atoms with Gasteiger partial charge < -0.3 is 15.1 Å². The van der Waals surface area contributed by atoms with Crippen molar-refractivity contribution >= 4 is 22.0 Å². The summed E-state index contributed by atoms with van der Waals surface area (Å²) in [7, 11) is -2.40. The standard InChI is InChI=1S/C15H22N4O5S/c1-18-12(15(21)19-6-4-10(5-7-19)14(16)20)9-11(17-25(18,22)23)13-3-2-8-24-13/h2-3,8,10-12,17H,4-7,9H2,1H3,(H2,16,20). The molecule has 0 aliphatic carbocycles. The van der Waals surface area contributed by atoms with Crippen LogP contribution in [0.2, 0.25) is 0 Å². The van der Waals surface area contributed by atoms with E-state index >= 15 is 0 Å². The highest BCUT2D eigenvalue weighted by Gasteiger charge is 2.43. The molecule has 2 aliphatic heterocycles. The lowest BCUT2D eigenvalue weighted by Gasteiger charge is -2.39. The lowest BCUT2D eigenvalue weighted by molar-refractivity contribution is -0.138. The first-order valence-electron chi connectivity index (χ1n) is 8.16. The largest absolute Gasteiger partial charge is 0.468 e. The van der Waals surface area contributed by atoms with Crippen molar-refractivity contribution in [3.8, 4) is 0 Å². The van der Waals surface area contributed by atoms with E-state index in [1.807, 2.05) is 0 Å². The van der Waals surface area contributed by atoms with Crippen molar-refractivity contribution in [3.05, 3.63) is 24.2 Å². The quantitative estimate of drug-likeness (QED) is 0.747. The zero-order valence-corrected chi connectivity index (χ0v) is 14.7. The van der Waals surface area contributed by atoms with Crippen LogP contribution in [0.3, 0.4) is 0 Å². The third kappa shape index (κ3) is 3.55. The molecule has 3 rings (SSSR count). The number of carbonyl (C=O) groups excluding carboxylic acids is 2. The summed E-state index contributed by atoms with van der Waals surface area (Å²) in [6, 6.07) is 1.95. The van der Waals surface area contributed by atoms with Gasteiger partial charge in [-0.2, -0.15) is 17.4 Å². The van der Waals surface area contributed by atoms with Crippen LogP contribution in [0.4, 0.5) is 0 Å². The maximum atomic E-state index is 12.9. The minimum absolute atomic E-state index is 0.227. The Bertz CT molecular complexity index is 740. The summed E-state index contributed by atoms with van der Waals surface area (Å²) in [6.45, 7) is 0.797. The van der Waals surface area contributed by atoms with Gasteiger partial charge in [-0.05, 0) is 31.4 Å². The van der Waals surface area contributed by atoms with Crippen molar-refractivity contribution in [2.24, 2.45) is 11.7 Å². The molecular weight excluding hydrogens is 348 g/mol. The molecule has 0 spiro atoms. The molecule has 0 bridgehead atoms. The molecule has 3 heterocycles. The number of nitrogens with zero attached hydrogens (tertiary/aromatic N) is 2. The summed E-state index contributed by atoms with van der Waals surface area (Å²) < 4.78 is 33.6. The summed E-state index contributed by atoms with van der Waals surface area (Å²) in [5.74, 6) is -0.366. The number of likely N-dealkylation sites (N-methyl/N-ethyl adjacent to an activating group) is 1. The third-order valence-electron chi connectivity index (χ3n) is 4.95. The molecular formula is C15H22N4O5S. The fraction of sp³-hybridized carbons (Fsp3) is 0.600. The Morgan fingerprint density at radius 2 is 2.00 bits per heavy atom. The molecule has 1 aromatic heterocycles. The predicted octanol–water partition coefficient (Wildman–Crippen LogP) is -0.417. The topological polar surface area (TPSA) is 126 Å². The van der Waals surface area contributed by atoms with E-state index in [2.05, 4.69) is 4.72 Å². The number of hydrogen-bond acceptors (Lipinski definition) is 5. The molecule has 9 nitrogen and oxygen atoms in total. The van der Waals surface area contributed by atoms with E-state index in [4.69, 9.17) is 10.2 Å². The number of piperidine rings is 1. The highest BCUT2D eigenvalue weighted by atomic mass is 32.2. The maximum Gasteiger partial charge on any atom is 0.280 e. The van der Waals surface area contributed by atoms with Crippen molar-refractivity contribution in [1.82, 2.24) is 13.9 Å².